The Bertz CT molecular complexity index is 1110. The summed E-state index contributed by atoms with van der Waals surface area (Å²) in [6, 6.07) is 15.8. The maximum atomic E-state index is 14.0. The Morgan fingerprint density at radius 3 is 2.31 bits per heavy atom. The maximum Gasteiger partial charge on any atom is 0.296 e. The molecule has 7 nitrogen and oxygen atoms in total. The van der Waals surface area contributed by atoms with Crippen LogP contribution in [0.3, 0.4) is 0 Å². The highest BCUT2D eigenvalue weighted by Gasteiger charge is 2.66. The summed E-state index contributed by atoms with van der Waals surface area (Å²) < 4.78 is 0. The average Bonchev–Trinajstić information content (AvgIpc) is 3.17. The van der Waals surface area contributed by atoms with Crippen LogP contribution in [0.1, 0.15) is 24.5 Å². The van der Waals surface area contributed by atoms with Crippen LogP contribution in [0.5, 0.6) is 0 Å². The number of amides is 2. The Kier molecular flexibility index (Phi) is 5.60. The lowest BCUT2D eigenvalue weighted by atomic mass is 9.82. The first-order valence-electron chi connectivity index (χ1n) is 10.8. The van der Waals surface area contributed by atoms with Gasteiger partial charge in [0.15, 0.2) is 5.54 Å². The van der Waals surface area contributed by atoms with Crippen molar-refractivity contribution in [1.82, 2.24) is 9.80 Å². The molecule has 0 radical (unpaired) electrons. The summed E-state index contributed by atoms with van der Waals surface area (Å²) in [4.78, 5) is 45.5. The molecule has 32 heavy (non-hydrogen) atoms. The van der Waals surface area contributed by atoms with Gasteiger partial charge >= 0.3 is 0 Å². The van der Waals surface area contributed by atoms with E-state index < -0.39 is 17.2 Å². The minimum Gasteiger partial charge on any atom is -0.507 e. The molecule has 0 saturated carbocycles. The molecule has 1 spiro atoms. The summed E-state index contributed by atoms with van der Waals surface area (Å²) in [5, 5.41) is 11.3. The third-order valence-electron chi connectivity index (χ3n) is 6.16. The summed E-state index contributed by atoms with van der Waals surface area (Å²) in [6.45, 7) is 3.13. The van der Waals surface area contributed by atoms with Crippen molar-refractivity contribution >= 4 is 29.0 Å². The molecule has 1 saturated heterocycles. The van der Waals surface area contributed by atoms with Gasteiger partial charge in [-0.25, -0.2) is 0 Å². The van der Waals surface area contributed by atoms with Gasteiger partial charge in [0.05, 0.1) is 11.3 Å². The molecule has 166 valence electrons. The number of Topliss-reactive ketones (excluding diaryl/α,β-unsaturated/α-hetero) is 1. The van der Waals surface area contributed by atoms with Gasteiger partial charge in [-0.1, -0.05) is 48.5 Å². The second kappa shape index (κ2) is 8.24. The van der Waals surface area contributed by atoms with Crippen LogP contribution in [0, 0.1) is 0 Å². The van der Waals surface area contributed by atoms with E-state index in [0.29, 0.717) is 36.3 Å². The fraction of sp³-hybridized carbons (Fsp3) is 0.320. The standard InChI is InChI=1S/C25H27N3O4/c1-4-27-19-14-9-8-13-18(19)25(24(27)32)20(21(29)17-11-6-5-7-12-17)22(30)23(31)28(25)16-10-15-26(2)3/h5-9,11-14,29H,4,10,15-16H2,1-3H3. The molecule has 0 aromatic heterocycles. The summed E-state index contributed by atoms with van der Waals surface area (Å²) in [5.74, 6) is -2.32. The Balaban J connectivity index is 2.00. The summed E-state index contributed by atoms with van der Waals surface area (Å²) in [7, 11) is 3.85. The third-order valence-corrected chi connectivity index (χ3v) is 6.16. The zero-order chi connectivity index (χ0) is 23.0. The van der Waals surface area contributed by atoms with Crippen molar-refractivity contribution in [3.05, 3.63) is 71.3 Å². The van der Waals surface area contributed by atoms with Crippen molar-refractivity contribution in [1.29, 1.82) is 0 Å². The van der Waals surface area contributed by atoms with Crippen molar-refractivity contribution in [2.24, 2.45) is 0 Å². The molecule has 1 atom stereocenters. The van der Waals surface area contributed by atoms with E-state index >= 15 is 0 Å². The smallest absolute Gasteiger partial charge is 0.296 e. The van der Waals surface area contributed by atoms with Crippen LogP contribution in [0.2, 0.25) is 0 Å². The second-order valence-corrected chi connectivity index (χ2v) is 8.31. The zero-order valence-electron chi connectivity index (χ0n) is 18.5. The number of anilines is 1. The van der Waals surface area contributed by atoms with Gasteiger partial charge in [0.2, 0.25) is 0 Å². The van der Waals surface area contributed by atoms with Crippen molar-refractivity contribution in [2.75, 3.05) is 38.6 Å². The molecule has 1 unspecified atom stereocenters. The number of likely N-dealkylation sites (tertiary alicyclic amines) is 1. The van der Waals surface area contributed by atoms with Crippen LogP contribution in [0.15, 0.2) is 60.2 Å². The molecule has 2 aliphatic rings. The predicted molar refractivity (Wildman–Crippen MR) is 122 cm³/mol. The van der Waals surface area contributed by atoms with Crippen molar-refractivity contribution in [3.8, 4) is 0 Å². The highest BCUT2D eigenvalue weighted by atomic mass is 16.3. The zero-order valence-corrected chi connectivity index (χ0v) is 18.5. The van der Waals surface area contributed by atoms with Crippen molar-refractivity contribution in [3.63, 3.8) is 0 Å². The predicted octanol–water partition coefficient (Wildman–Crippen LogP) is 2.58. The number of hydrogen-bond acceptors (Lipinski definition) is 5. The van der Waals surface area contributed by atoms with E-state index in [1.165, 1.54) is 4.90 Å². The average molecular weight is 434 g/mol. The number of aliphatic hydroxyl groups excluding tert-OH is 1. The number of hydrogen-bond donors (Lipinski definition) is 1. The maximum absolute atomic E-state index is 14.0. The molecule has 2 aliphatic heterocycles. The molecule has 7 heteroatoms. The van der Waals surface area contributed by atoms with E-state index in [4.69, 9.17) is 0 Å². The van der Waals surface area contributed by atoms with E-state index in [0.717, 1.165) is 0 Å². The highest BCUT2D eigenvalue weighted by Crippen LogP contribution is 2.53. The quantitative estimate of drug-likeness (QED) is 0.430. The number of carbonyl (C=O) groups excluding carboxylic acids is 3. The largest absolute Gasteiger partial charge is 0.507 e. The number of likely N-dealkylation sites (N-methyl/N-ethyl adjacent to an activating group) is 1. The van der Waals surface area contributed by atoms with E-state index in [-0.39, 0.29) is 23.8 Å². The van der Waals surface area contributed by atoms with Crippen LogP contribution in [0.4, 0.5) is 5.69 Å². The molecule has 2 aromatic carbocycles. The van der Waals surface area contributed by atoms with E-state index in [2.05, 4.69) is 0 Å². The van der Waals surface area contributed by atoms with Crippen LogP contribution in [0.25, 0.3) is 5.76 Å². The van der Waals surface area contributed by atoms with Gasteiger partial charge in [-0.3, -0.25) is 14.4 Å². The summed E-state index contributed by atoms with van der Waals surface area (Å²) >= 11 is 0. The first kappa shape index (κ1) is 21.8. The fourth-order valence-electron chi connectivity index (χ4n) is 4.77. The number of aliphatic hydroxyl groups is 1. The minimum atomic E-state index is -1.67. The molecule has 1 N–H and O–H groups in total. The molecule has 0 bridgehead atoms. The molecule has 2 amide bonds. The highest BCUT2D eigenvalue weighted by molar-refractivity contribution is 6.50. The first-order chi connectivity index (χ1) is 15.4. The Labute approximate surface area is 187 Å². The lowest BCUT2D eigenvalue weighted by Gasteiger charge is -2.34. The van der Waals surface area contributed by atoms with Gasteiger partial charge in [0, 0.05) is 24.2 Å². The van der Waals surface area contributed by atoms with Crippen LogP contribution in [-0.4, -0.2) is 66.2 Å². The van der Waals surface area contributed by atoms with Crippen molar-refractivity contribution < 1.29 is 19.5 Å². The van der Waals surface area contributed by atoms with E-state index in [1.54, 1.807) is 47.4 Å². The lowest BCUT2D eigenvalue weighted by Crippen LogP contribution is -2.52. The monoisotopic (exact) mass is 433 g/mol. The van der Waals surface area contributed by atoms with Crippen LogP contribution < -0.4 is 4.90 Å². The van der Waals surface area contributed by atoms with Gasteiger partial charge in [-0.2, -0.15) is 0 Å². The van der Waals surface area contributed by atoms with E-state index in [1.807, 2.05) is 38.1 Å². The first-order valence-corrected chi connectivity index (χ1v) is 10.8. The number of ketones is 1. The Morgan fingerprint density at radius 1 is 1.00 bits per heavy atom. The van der Waals surface area contributed by atoms with Gasteiger partial charge in [-0.15, -0.1) is 0 Å². The number of carbonyl (C=O) groups is 3. The number of rotatable bonds is 6. The van der Waals surface area contributed by atoms with Gasteiger partial charge in [-0.05, 0) is 40.1 Å². The Morgan fingerprint density at radius 2 is 1.66 bits per heavy atom. The number of para-hydroxylation sites is 1. The summed E-state index contributed by atoms with van der Waals surface area (Å²) in [5.41, 5.74) is -0.246. The van der Waals surface area contributed by atoms with E-state index in [9.17, 15) is 19.5 Å². The molecule has 2 heterocycles. The molecule has 1 fully saturated rings. The van der Waals surface area contributed by atoms with Gasteiger partial charge < -0.3 is 19.8 Å². The van der Waals surface area contributed by atoms with Crippen molar-refractivity contribution in [2.45, 2.75) is 18.9 Å². The van der Waals surface area contributed by atoms with Crippen LogP contribution >= 0.6 is 0 Å². The third kappa shape index (κ3) is 3.04. The normalized spacial score (nSPS) is 21.8. The lowest BCUT2D eigenvalue weighted by molar-refractivity contribution is -0.143. The SMILES string of the molecule is CCN1C(=O)C2(C(=C(O)c3ccccc3)C(=O)C(=O)N2CCCN(C)C)c2ccccc21. The summed E-state index contributed by atoms with van der Waals surface area (Å²) in [6.07, 6.45) is 0.578. The Hall–Kier alpha value is -3.45. The molecular formula is C25H27N3O4. The molecule has 2 aromatic rings. The van der Waals surface area contributed by atoms with Crippen LogP contribution in [-0.2, 0) is 19.9 Å². The number of nitrogens with zero attached hydrogens (tertiary/aromatic N) is 3. The molecule has 4 rings (SSSR count). The molecule has 0 aliphatic carbocycles. The van der Waals surface area contributed by atoms with Gasteiger partial charge in [0.1, 0.15) is 5.76 Å². The second-order valence-electron chi connectivity index (χ2n) is 8.31. The minimum absolute atomic E-state index is 0.160. The number of fused-ring (bicyclic) bond motifs is 2. The topological polar surface area (TPSA) is 81.2 Å². The molecular weight excluding hydrogens is 406 g/mol. The van der Waals surface area contributed by atoms with Gasteiger partial charge in [0.25, 0.3) is 17.6 Å². The number of benzene rings is 2. The fourth-order valence-corrected chi connectivity index (χ4v) is 4.77.